The minimum Gasteiger partial charge on any atom is -0.493 e. The maximum absolute atomic E-state index is 12.7. The molecule has 1 atom stereocenters. The summed E-state index contributed by atoms with van der Waals surface area (Å²) in [5, 5.41) is 0. The number of methoxy groups -OCH3 is 1. The molecule has 1 saturated heterocycles. The number of piperazine rings is 1. The Hall–Kier alpha value is -1.96. The third-order valence-corrected chi connectivity index (χ3v) is 4.11. The number of carbonyl (C=O) groups is 1. The molecule has 1 aromatic rings. The molecular formula is C16H21F3N2O3. The molecule has 0 N–H and O–H groups in total. The van der Waals surface area contributed by atoms with Crippen molar-refractivity contribution in [2.75, 3.05) is 39.9 Å². The average molecular weight is 346 g/mol. The van der Waals surface area contributed by atoms with Gasteiger partial charge in [-0.15, -0.1) is 0 Å². The molecule has 2 rings (SSSR count). The molecular weight excluding hydrogens is 325 g/mol. The van der Waals surface area contributed by atoms with Crippen molar-refractivity contribution in [2.24, 2.45) is 0 Å². The molecule has 0 aliphatic carbocycles. The maximum atomic E-state index is 12.7. The lowest BCUT2D eigenvalue weighted by atomic mass is 10.2. The van der Waals surface area contributed by atoms with Crippen LogP contribution in [0.15, 0.2) is 24.3 Å². The van der Waals surface area contributed by atoms with Gasteiger partial charge in [-0.25, -0.2) is 0 Å². The molecule has 0 saturated carbocycles. The summed E-state index contributed by atoms with van der Waals surface area (Å²) in [6.07, 6.45) is -4.25. The van der Waals surface area contributed by atoms with Gasteiger partial charge in [-0.05, 0) is 19.1 Å². The standard InChI is InChI=1S/C16H21F3N2O3/c1-12(16(17,18)19)20-7-9-21(10-8-20)15(22)11-24-14-6-4-3-5-13(14)23-2/h3-6,12H,7-11H2,1-2H3. The van der Waals surface area contributed by atoms with E-state index in [-0.39, 0.29) is 38.7 Å². The lowest BCUT2D eigenvalue weighted by Crippen LogP contribution is -2.55. The first kappa shape index (κ1) is 18.4. The number of ether oxygens (including phenoxy) is 2. The van der Waals surface area contributed by atoms with E-state index in [9.17, 15) is 18.0 Å². The minimum atomic E-state index is -4.25. The zero-order chi connectivity index (χ0) is 17.7. The van der Waals surface area contributed by atoms with E-state index < -0.39 is 12.2 Å². The first-order valence-corrected chi connectivity index (χ1v) is 7.67. The number of hydrogen-bond donors (Lipinski definition) is 0. The SMILES string of the molecule is COc1ccccc1OCC(=O)N1CCN(C(C)C(F)(F)F)CC1. The summed E-state index contributed by atoms with van der Waals surface area (Å²) in [6.45, 7) is 1.88. The van der Waals surface area contributed by atoms with E-state index in [2.05, 4.69) is 0 Å². The molecule has 1 aliphatic heterocycles. The van der Waals surface area contributed by atoms with Crippen LogP contribution in [0.1, 0.15) is 6.92 Å². The highest BCUT2D eigenvalue weighted by Gasteiger charge is 2.41. The van der Waals surface area contributed by atoms with Crippen molar-refractivity contribution in [1.82, 2.24) is 9.80 Å². The topological polar surface area (TPSA) is 42.0 Å². The van der Waals surface area contributed by atoms with E-state index in [0.29, 0.717) is 11.5 Å². The fourth-order valence-electron chi connectivity index (χ4n) is 2.53. The van der Waals surface area contributed by atoms with E-state index in [1.807, 2.05) is 0 Å². The summed E-state index contributed by atoms with van der Waals surface area (Å²) >= 11 is 0. The van der Waals surface area contributed by atoms with Gasteiger partial charge in [0.1, 0.15) is 6.04 Å². The van der Waals surface area contributed by atoms with E-state index >= 15 is 0 Å². The van der Waals surface area contributed by atoms with Gasteiger partial charge in [0.15, 0.2) is 18.1 Å². The molecule has 1 fully saturated rings. The lowest BCUT2D eigenvalue weighted by Gasteiger charge is -2.38. The molecule has 1 heterocycles. The third kappa shape index (κ3) is 4.53. The predicted octanol–water partition coefficient (Wildman–Crippen LogP) is 2.17. The van der Waals surface area contributed by atoms with Crippen LogP contribution in [-0.4, -0.2) is 67.8 Å². The van der Waals surface area contributed by atoms with Crippen LogP contribution in [0.4, 0.5) is 13.2 Å². The van der Waals surface area contributed by atoms with Gasteiger partial charge in [0.25, 0.3) is 5.91 Å². The average Bonchev–Trinajstić information content (AvgIpc) is 2.58. The number of para-hydroxylation sites is 2. The summed E-state index contributed by atoms with van der Waals surface area (Å²) in [5.74, 6) is 0.729. The molecule has 1 amide bonds. The van der Waals surface area contributed by atoms with Gasteiger partial charge >= 0.3 is 6.18 Å². The Morgan fingerprint density at radius 2 is 1.75 bits per heavy atom. The summed E-state index contributed by atoms with van der Waals surface area (Å²) in [7, 11) is 1.51. The molecule has 0 bridgehead atoms. The molecule has 0 spiro atoms. The van der Waals surface area contributed by atoms with Crippen LogP contribution in [0.5, 0.6) is 11.5 Å². The maximum Gasteiger partial charge on any atom is 0.403 e. The van der Waals surface area contributed by atoms with Crippen molar-refractivity contribution >= 4 is 5.91 Å². The molecule has 5 nitrogen and oxygen atoms in total. The van der Waals surface area contributed by atoms with Gasteiger partial charge in [0.2, 0.25) is 0 Å². The largest absolute Gasteiger partial charge is 0.493 e. The second-order valence-corrected chi connectivity index (χ2v) is 5.57. The Labute approximate surface area is 138 Å². The summed E-state index contributed by atoms with van der Waals surface area (Å²) in [5.41, 5.74) is 0. The highest BCUT2D eigenvalue weighted by molar-refractivity contribution is 5.78. The van der Waals surface area contributed by atoms with Gasteiger partial charge in [0.05, 0.1) is 7.11 Å². The van der Waals surface area contributed by atoms with Gasteiger partial charge < -0.3 is 14.4 Å². The summed E-state index contributed by atoms with van der Waals surface area (Å²) in [4.78, 5) is 15.0. The summed E-state index contributed by atoms with van der Waals surface area (Å²) < 4.78 is 48.7. The normalized spacial score (nSPS) is 17.5. The first-order valence-electron chi connectivity index (χ1n) is 7.67. The van der Waals surface area contributed by atoms with Gasteiger partial charge in [0, 0.05) is 26.2 Å². The van der Waals surface area contributed by atoms with Gasteiger partial charge in [-0.3, -0.25) is 9.69 Å². The second kappa shape index (κ2) is 7.74. The van der Waals surface area contributed by atoms with Crippen molar-refractivity contribution < 1.29 is 27.4 Å². The van der Waals surface area contributed by atoms with Crippen molar-refractivity contribution in [2.45, 2.75) is 19.1 Å². The fraction of sp³-hybridized carbons (Fsp3) is 0.562. The number of hydrogen-bond acceptors (Lipinski definition) is 4. The monoisotopic (exact) mass is 346 g/mol. The lowest BCUT2D eigenvalue weighted by molar-refractivity contribution is -0.183. The number of nitrogens with zero attached hydrogens (tertiary/aromatic N) is 2. The molecule has 0 aromatic heterocycles. The van der Waals surface area contributed by atoms with Crippen LogP contribution in [-0.2, 0) is 4.79 Å². The Bertz CT molecular complexity index is 558. The van der Waals surface area contributed by atoms with Crippen molar-refractivity contribution in [3.05, 3.63) is 24.3 Å². The number of amides is 1. The molecule has 24 heavy (non-hydrogen) atoms. The molecule has 134 valence electrons. The van der Waals surface area contributed by atoms with Gasteiger partial charge in [-0.1, -0.05) is 12.1 Å². The second-order valence-electron chi connectivity index (χ2n) is 5.57. The fourth-order valence-corrected chi connectivity index (χ4v) is 2.53. The van der Waals surface area contributed by atoms with E-state index in [4.69, 9.17) is 9.47 Å². The number of halogens is 3. The van der Waals surface area contributed by atoms with E-state index in [1.165, 1.54) is 16.9 Å². The smallest absolute Gasteiger partial charge is 0.403 e. The third-order valence-electron chi connectivity index (χ3n) is 4.11. The van der Waals surface area contributed by atoms with E-state index in [1.54, 1.807) is 24.3 Å². The predicted molar refractivity (Wildman–Crippen MR) is 82.2 cm³/mol. The number of rotatable bonds is 5. The van der Waals surface area contributed by atoms with Gasteiger partial charge in [-0.2, -0.15) is 13.2 Å². The Kier molecular flexibility index (Phi) is 5.93. The number of alkyl halides is 3. The molecule has 1 aliphatic rings. The van der Waals surface area contributed by atoms with Crippen LogP contribution >= 0.6 is 0 Å². The van der Waals surface area contributed by atoms with Crippen LogP contribution < -0.4 is 9.47 Å². The number of carbonyl (C=O) groups excluding carboxylic acids is 1. The first-order chi connectivity index (χ1) is 11.3. The quantitative estimate of drug-likeness (QED) is 0.820. The molecule has 8 heteroatoms. The van der Waals surface area contributed by atoms with Crippen LogP contribution in [0.3, 0.4) is 0 Å². The van der Waals surface area contributed by atoms with Crippen LogP contribution in [0.25, 0.3) is 0 Å². The van der Waals surface area contributed by atoms with E-state index in [0.717, 1.165) is 6.92 Å². The number of benzene rings is 1. The van der Waals surface area contributed by atoms with Crippen molar-refractivity contribution in [3.8, 4) is 11.5 Å². The van der Waals surface area contributed by atoms with Crippen LogP contribution in [0, 0.1) is 0 Å². The molecule has 1 aromatic carbocycles. The Balaban J connectivity index is 1.83. The molecule has 0 radical (unpaired) electrons. The Morgan fingerprint density at radius 1 is 1.17 bits per heavy atom. The highest BCUT2D eigenvalue weighted by Crippen LogP contribution is 2.26. The highest BCUT2D eigenvalue weighted by atomic mass is 19.4. The van der Waals surface area contributed by atoms with Crippen molar-refractivity contribution in [3.63, 3.8) is 0 Å². The Morgan fingerprint density at radius 3 is 2.29 bits per heavy atom. The molecule has 1 unspecified atom stereocenters. The van der Waals surface area contributed by atoms with Crippen LogP contribution in [0.2, 0.25) is 0 Å². The van der Waals surface area contributed by atoms with Crippen molar-refractivity contribution in [1.29, 1.82) is 0 Å². The summed E-state index contributed by atoms with van der Waals surface area (Å²) in [6, 6.07) is 5.46. The zero-order valence-corrected chi connectivity index (χ0v) is 13.7. The zero-order valence-electron chi connectivity index (χ0n) is 13.7. The minimum absolute atomic E-state index is 0.171.